The number of sulfone groups is 1. The van der Waals surface area contributed by atoms with Gasteiger partial charge in [-0.3, -0.25) is 0 Å². The summed E-state index contributed by atoms with van der Waals surface area (Å²) in [5.74, 6) is -2.08. The van der Waals surface area contributed by atoms with E-state index in [2.05, 4.69) is 6.07 Å². The molecule has 0 aliphatic heterocycles. The highest BCUT2D eigenvalue weighted by Crippen LogP contribution is 2.35. The van der Waals surface area contributed by atoms with E-state index in [4.69, 9.17) is 5.73 Å². The van der Waals surface area contributed by atoms with Gasteiger partial charge in [0.1, 0.15) is 0 Å². The van der Waals surface area contributed by atoms with Gasteiger partial charge in [-0.1, -0.05) is 12.1 Å². The Bertz CT molecular complexity index is 512. The SMILES string of the molecule is NC/C=C(\F)C(F)(F)S(=O)(=O)c1c[c]ccc1. The highest BCUT2D eigenvalue weighted by molar-refractivity contribution is 7.92. The van der Waals surface area contributed by atoms with Gasteiger partial charge in [0.25, 0.3) is 9.84 Å². The van der Waals surface area contributed by atoms with Crippen molar-refractivity contribution in [2.24, 2.45) is 5.73 Å². The summed E-state index contributed by atoms with van der Waals surface area (Å²) in [5.41, 5.74) is 4.86. The smallest absolute Gasteiger partial charge is 0.327 e. The molecule has 1 aromatic rings. The lowest BCUT2D eigenvalue weighted by Gasteiger charge is -2.15. The molecule has 0 bridgehead atoms. The van der Waals surface area contributed by atoms with Crippen LogP contribution in [0.5, 0.6) is 0 Å². The van der Waals surface area contributed by atoms with Crippen LogP contribution in [-0.4, -0.2) is 20.2 Å². The van der Waals surface area contributed by atoms with Gasteiger partial charge in [-0.05, 0) is 24.3 Å². The molecule has 0 spiro atoms. The van der Waals surface area contributed by atoms with E-state index in [0.29, 0.717) is 6.08 Å². The maximum absolute atomic E-state index is 13.4. The fourth-order valence-corrected chi connectivity index (χ4v) is 2.16. The summed E-state index contributed by atoms with van der Waals surface area (Å²) in [4.78, 5) is -0.703. The van der Waals surface area contributed by atoms with Gasteiger partial charge in [-0.15, -0.1) is 0 Å². The molecule has 0 saturated heterocycles. The highest BCUT2D eigenvalue weighted by Gasteiger charge is 2.50. The van der Waals surface area contributed by atoms with Crippen molar-refractivity contribution < 1.29 is 21.6 Å². The molecule has 93 valence electrons. The number of halogens is 3. The predicted octanol–water partition coefficient (Wildman–Crippen LogP) is 1.67. The van der Waals surface area contributed by atoms with Crippen molar-refractivity contribution in [1.82, 2.24) is 0 Å². The van der Waals surface area contributed by atoms with Crippen LogP contribution in [0.25, 0.3) is 0 Å². The maximum Gasteiger partial charge on any atom is 0.400 e. The van der Waals surface area contributed by atoms with E-state index in [-0.39, 0.29) is 0 Å². The molecule has 0 fully saturated rings. The van der Waals surface area contributed by atoms with Crippen LogP contribution in [0.1, 0.15) is 0 Å². The van der Waals surface area contributed by atoms with Crippen LogP contribution in [0.3, 0.4) is 0 Å². The van der Waals surface area contributed by atoms with E-state index in [1.165, 1.54) is 12.1 Å². The van der Waals surface area contributed by atoms with E-state index in [1.807, 2.05) is 0 Å². The van der Waals surface area contributed by atoms with E-state index < -0.39 is 32.4 Å². The van der Waals surface area contributed by atoms with E-state index in [1.54, 1.807) is 0 Å². The molecular formula is C10H9F3NO2S. The minimum atomic E-state index is -5.12. The molecular weight excluding hydrogens is 255 g/mol. The third kappa shape index (κ3) is 2.50. The van der Waals surface area contributed by atoms with Gasteiger partial charge in [0.05, 0.1) is 4.90 Å². The predicted molar refractivity (Wildman–Crippen MR) is 55.7 cm³/mol. The van der Waals surface area contributed by atoms with Crippen LogP contribution in [0, 0.1) is 6.07 Å². The zero-order valence-electron chi connectivity index (χ0n) is 8.53. The molecule has 0 amide bonds. The molecule has 0 aliphatic rings. The van der Waals surface area contributed by atoms with Crippen molar-refractivity contribution in [2.75, 3.05) is 6.54 Å². The summed E-state index contributed by atoms with van der Waals surface area (Å²) in [7, 11) is -5.12. The van der Waals surface area contributed by atoms with Crippen LogP contribution >= 0.6 is 0 Å². The number of hydrogen-bond acceptors (Lipinski definition) is 3. The van der Waals surface area contributed by atoms with Gasteiger partial charge in [-0.25, -0.2) is 12.8 Å². The van der Waals surface area contributed by atoms with E-state index in [0.717, 1.165) is 12.1 Å². The summed E-state index contributed by atoms with van der Waals surface area (Å²) < 4.78 is 62.7. The van der Waals surface area contributed by atoms with Crippen LogP contribution in [0.15, 0.2) is 41.1 Å². The van der Waals surface area contributed by atoms with Gasteiger partial charge >= 0.3 is 5.25 Å². The number of nitrogens with two attached hydrogens (primary N) is 1. The van der Waals surface area contributed by atoms with Gasteiger partial charge in [0.15, 0.2) is 5.83 Å². The second kappa shape index (κ2) is 4.89. The van der Waals surface area contributed by atoms with Crippen molar-refractivity contribution in [3.05, 3.63) is 42.2 Å². The summed E-state index contributed by atoms with van der Waals surface area (Å²) in [5, 5.41) is -4.62. The standard InChI is InChI=1S/C10H9F3NO2S/c11-9(6-7-14)10(12,13)17(15,16)8-4-2-1-3-5-8/h1-2,4-6H,7,14H2/b9-6-. The first-order valence-corrected chi connectivity index (χ1v) is 5.97. The number of benzene rings is 1. The first-order valence-electron chi connectivity index (χ1n) is 4.49. The fourth-order valence-electron chi connectivity index (χ4n) is 1.04. The number of alkyl halides is 2. The average Bonchev–Trinajstić information content (AvgIpc) is 2.30. The fraction of sp³-hybridized carbons (Fsp3) is 0.200. The Morgan fingerprint density at radius 3 is 2.65 bits per heavy atom. The second-order valence-corrected chi connectivity index (χ2v) is 5.04. The molecule has 0 atom stereocenters. The zero-order chi connectivity index (χ0) is 13.1. The maximum atomic E-state index is 13.4. The first-order chi connectivity index (χ1) is 7.84. The molecule has 1 radical (unpaired) electrons. The Kier molecular flexibility index (Phi) is 3.94. The summed E-state index contributed by atoms with van der Waals surface area (Å²) in [6.07, 6.45) is 0.324. The minimum Gasteiger partial charge on any atom is -0.327 e. The number of hydrogen-bond donors (Lipinski definition) is 1. The van der Waals surface area contributed by atoms with Gasteiger partial charge in [0, 0.05) is 6.54 Å². The van der Waals surface area contributed by atoms with Crippen molar-refractivity contribution >= 4 is 9.84 Å². The van der Waals surface area contributed by atoms with Crippen LogP contribution in [0.4, 0.5) is 13.2 Å². The molecule has 0 unspecified atom stereocenters. The third-order valence-electron chi connectivity index (χ3n) is 1.90. The lowest BCUT2D eigenvalue weighted by atomic mass is 10.4. The topological polar surface area (TPSA) is 60.2 Å². The minimum absolute atomic E-state index is 0.324. The molecule has 0 aromatic heterocycles. The Balaban J connectivity index is 3.29. The molecule has 2 N–H and O–H groups in total. The zero-order valence-corrected chi connectivity index (χ0v) is 9.35. The molecule has 1 rings (SSSR count). The quantitative estimate of drug-likeness (QED) is 0.899. The second-order valence-electron chi connectivity index (χ2n) is 3.05. The normalized spacial score (nSPS) is 13.8. The van der Waals surface area contributed by atoms with Gasteiger partial charge in [0.2, 0.25) is 0 Å². The van der Waals surface area contributed by atoms with Gasteiger partial charge in [-0.2, -0.15) is 8.78 Å². The van der Waals surface area contributed by atoms with E-state index in [9.17, 15) is 21.6 Å². The lowest BCUT2D eigenvalue weighted by Crippen LogP contribution is -2.30. The largest absolute Gasteiger partial charge is 0.400 e. The monoisotopic (exact) mass is 264 g/mol. The first kappa shape index (κ1) is 13.7. The van der Waals surface area contributed by atoms with Crippen LogP contribution in [-0.2, 0) is 9.84 Å². The van der Waals surface area contributed by atoms with Crippen LogP contribution < -0.4 is 5.73 Å². The van der Waals surface area contributed by atoms with Crippen molar-refractivity contribution in [1.29, 1.82) is 0 Å². The lowest BCUT2D eigenvalue weighted by molar-refractivity contribution is 0.105. The van der Waals surface area contributed by atoms with E-state index >= 15 is 0 Å². The number of rotatable bonds is 4. The third-order valence-corrected chi connectivity index (χ3v) is 3.65. The van der Waals surface area contributed by atoms with Crippen LogP contribution in [0.2, 0.25) is 0 Å². The highest BCUT2D eigenvalue weighted by atomic mass is 32.2. The molecule has 0 saturated carbocycles. The Labute approximate surface area is 96.7 Å². The molecule has 0 aliphatic carbocycles. The Morgan fingerprint density at radius 1 is 1.53 bits per heavy atom. The molecule has 1 aromatic carbocycles. The molecule has 3 nitrogen and oxygen atoms in total. The van der Waals surface area contributed by atoms with Crippen molar-refractivity contribution in [3.63, 3.8) is 0 Å². The average molecular weight is 264 g/mol. The van der Waals surface area contributed by atoms with Crippen molar-refractivity contribution in [2.45, 2.75) is 10.2 Å². The summed E-state index contributed by atoms with van der Waals surface area (Å²) in [6.45, 7) is -0.516. The van der Waals surface area contributed by atoms with Gasteiger partial charge < -0.3 is 5.73 Å². The summed E-state index contributed by atoms with van der Waals surface area (Å²) >= 11 is 0. The Morgan fingerprint density at radius 2 is 2.18 bits per heavy atom. The molecule has 7 heteroatoms. The Hall–Kier alpha value is -1.34. The molecule has 17 heavy (non-hydrogen) atoms. The molecule has 0 heterocycles. The summed E-state index contributed by atoms with van der Waals surface area (Å²) in [6, 6.07) is 6.67. The van der Waals surface area contributed by atoms with Crippen molar-refractivity contribution in [3.8, 4) is 0 Å².